The third-order valence-corrected chi connectivity index (χ3v) is 7.34. The highest BCUT2D eigenvalue weighted by atomic mass is 15.2. The van der Waals surface area contributed by atoms with Crippen molar-refractivity contribution in [2.45, 2.75) is 39.0 Å². The number of para-hydroxylation sites is 2. The molecule has 164 valence electrons. The van der Waals surface area contributed by atoms with Crippen LogP contribution in [0.4, 0.5) is 28.4 Å². The number of rotatable bonds is 1. The van der Waals surface area contributed by atoms with Crippen LogP contribution in [0.3, 0.4) is 0 Å². The van der Waals surface area contributed by atoms with Crippen LogP contribution in [0.25, 0.3) is 0 Å². The molecule has 0 aromatic heterocycles. The number of fused-ring (bicyclic) bond motifs is 5. The van der Waals surface area contributed by atoms with Crippen molar-refractivity contribution < 1.29 is 0 Å². The molecule has 0 aliphatic carbocycles. The van der Waals surface area contributed by atoms with Gasteiger partial charge in [-0.3, -0.25) is 0 Å². The number of anilines is 5. The summed E-state index contributed by atoms with van der Waals surface area (Å²) in [6.45, 7) is 2.16. The first-order chi connectivity index (χ1) is 16.2. The van der Waals surface area contributed by atoms with Gasteiger partial charge in [0.15, 0.2) is 0 Å². The van der Waals surface area contributed by atoms with Crippen LogP contribution in [0.2, 0.25) is 0 Å². The van der Waals surface area contributed by atoms with Gasteiger partial charge in [0.25, 0.3) is 0 Å². The molecule has 2 heteroatoms. The van der Waals surface area contributed by atoms with Crippen molar-refractivity contribution >= 4 is 28.4 Å². The molecular formula is C31H30N2. The molecule has 0 spiro atoms. The minimum Gasteiger partial charge on any atom is -0.344 e. The number of aryl methyl sites for hydroxylation is 4. The van der Waals surface area contributed by atoms with E-state index in [2.05, 4.69) is 109 Å². The zero-order chi connectivity index (χ0) is 22.4. The summed E-state index contributed by atoms with van der Waals surface area (Å²) in [4.78, 5) is 4.95. The Labute approximate surface area is 197 Å². The van der Waals surface area contributed by atoms with Gasteiger partial charge >= 0.3 is 0 Å². The lowest BCUT2D eigenvalue weighted by molar-refractivity contribution is 0.806. The minimum absolute atomic E-state index is 1.05. The second-order valence-corrected chi connectivity index (χ2v) is 9.41. The van der Waals surface area contributed by atoms with Crippen LogP contribution in [0.5, 0.6) is 0 Å². The molecule has 33 heavy (non-hydrogen) atoms. The van der Waals surface area contributed by atoms with E-state index in [0.717, 1.165) is 25.7 Å². The van der Waals surface area contributed by atoms with Crippen LogP contribution in [0.1, 0.15) is 34.2 Å². The molecule has 0 saturated heterocycles. The zero-order valence-electron chi connectivity index (χ0n) is 19.5. The topological polar surface area (TPSA) is 6.48 Å². The number of hydrogen-bond donors (Lipinski definition) is 0. The fraction of sp³-hybridized carbons (Fsp3) is 0.226. The summed E-state index contributed by atoms with van der Waals surface area (Å²) >= 11 is 0. The van der Waals surface area contributed by atoms with Crippen LogP contribution in [-0.2, 0) is 25.7 Å². The second kappa shape index (κ2) is 8.12. The number of nitrogens with zero attached hydrogens (tertiary/aromatic N) is 2. The highest BCUT2D eigenvalue weighted by Crippen LogP contribution is 2.47. The summed E-state index contributed by atoms with van der Waals surface area (Å²) < 4.78 is 0. The van der Waals surface area contributed by atoms with E-state index in [1.807, 2.05) is 0 Å². The molecule has 6 rings (SSSR count). The maximum atomic E-state index is 2.55. The predicted molar refractivity (Wildman–Crippen MR) is 140 cm³/mol. The monoisotopic (exact) mass is 430 g/mol. The summed E-state index contributed by atoms with van der Waals surface area (Å²) in [6.07, 6.45) is 5.51. The van der Waals surface area contributed by atoms with Gasteiger partial charge in [0.2, 0.25) is 0 Å². The molecule has 0 saturated carbocycles. The van der Waals surface area contributed by atoms with Crippen molar-refractivity contribution in [2.24, 2.45) is 0 Å². The van der Waals surface area contributed by atoms with Gasteiger partial charge in [0, 0.05) is 35.4 Å². The van der Waals surface area contributed by atoms with E-state index >= 15 is 0 Å². The van der Waals surface area contributed by atoms with Crippen molar-refractivity contribution in [1.82, 2.24) is 0 Å². The minimum atomic E-state index is 1.05. The third kappa shape index (κ3) is 3.41. The zero-order valence-corrected chi connectivity index (χ0v) is 19.5. The number of benzene rings is 4. The van der Waals surface area contributed by atoms with Crippen molar-refractivity contribution in [3.63, 3.8) is 0 Å². The van der Waals surface area contributed by atoms with Gasteiger partial charge in [0.1, 0.15) is 0 Å². The average Bonchev–Trinajstić information content (AvgIpc) is 2.97. The molecule has 0 N–H and O–H groups in total. The molecule has 2 nitrogen and oxygen atoms in total. The number of hydrogen-bond acceptors (Lipinski definition) is 2. The largest absolute Gasteiger partial charge is 0.344 e. The first-order valence-corrected chi connectivity index (χ1v) is 12.1. The molecule has 2 heterocycles. The van der Waals surface area contributed by atoms with E-state index in [1.54, 1.807) is 0 Å². The van der Waals surface area contributed by atoms with Crippen molar-refractivity contribution in [3.8, 4) is 0 Å². The summed E-state index contributed by atoms with van der Waals surface area (Å²) in [5.74, 6) is 0. The van der Waals surface area contributed by atoms with Gasteiger partial charge < -0.3 is 9.80 Å². The highest BCUT2D eigenvalue weighted by Gasteiger charge is 2.28. The van der Waals surface area contributed by atoms with Gasteiger partial charge in [-0.05, 0) is 86.1 Å². The summed E-state index contributed by atoms with van der Waals surface area (Å²) in [5.41, 5.74) is 13.7. The second-order valence-electron chi connectivity index (χ2n) is 9.41. The van der Waals surface area contributed by atoms with Crippen LogP contribution in [0, 0.1) is 6.92 Å². The maximum Gasteiger partial charge on any atom is 0.0546 e. The Balaban J connectivity index is 1.62. The van der Waals surface area contributed by atoms with Crippen LogP contribution in [-0.4, -0.2) is 7.05 Å². The smallest absolute Gasteiger partial charge is 0.0546 e. The first kappa shape index (κ1) is 20.1. The maximum absolute atomic E-state index is 2.55. The molecule has 2 aliphatic rings. The Bertz CT molecular complexity index is 1320. The standard InChI is InChI=1S/C31H30N2/c1-22-14-18-26(19-15-22)33-29-13-6-4-8-23(29)10-7-11-25-17-21-30-27(31(25)33)20-16-24-9-3-5-12-28(24)32(30)2/h3-6,8-9,12-15,17-19,21H,7,10-11,16,20H2,1-2H3. The van der Waals surface area contributed by atoms with Crippen LogP contribution < -0.4 is 9.80 Å². The Kier molecular flexibility index (Phi) is 4.95. The molecule has 0 unspecified atom stereocenters. The van der Waals surface area contributed by atoms with E-state index in [9.17, 15) is 0 Å². The molecule has 4 aromatic rings. The third-order valence-electron chi connectivity index (χ3n) is 7.34. The Morgan fingerprint density at radius 2 is 1.24 bits per heavy atom. The summed E-state index contributed by atoms with van der Waals surface area (Å²) in [6, 6.07) is 31.6. The quantitative estimate of drug-likeness (QED) is 0.304. The molecule has 0 atom stereocenters. The summed E-state index contributed by atoms with van der Waals surface area (Å²) in [5, 5.41) is 0. The van der Waals surface area contributed by atoms with Gasteiger partial charge in [-0.15, -0.1) is 0 Å². The van der Waals surface area contributed by atoms with E-state index in [-0.39, 0.29) is 0 Å². The average molecular weight is 431 g/mol. The van der Waals surface area contributed by atoms with Gasteiger partial charge in [-0.1, -0.05) is 60.2 Å². The molecule has 2 aliphatic heterocycles. The fourth-order valence-corrected chi connectivity index (χ4v) is 5.65. The molecular weight excluding hydrogens is 400 g/mol. The van der Waals surface area contributed by atoms with E-state index in [0.29, 0.717) is 0 Å². The molecule has 0 amide bonds. The van der Waals surface area contributed by atoms with E-state index in [4.69, 9.17) is 0 Å². The Morgan fingerprint density at radius 1 is 0.576 bits per heavy atom. The van der Waals surface area contributed by atoms with Gasteiger partial charge in [0.05, 0.1) is 5.69 Å². The van der Waals surface area contributed by atoms with E-state index in [1.165, 1.54) is 62.7 Å². The SMILES string of the molecule is Cc1ccc(N2c3ccccc3CCCc3ccc4c(c32)CCc2ccccc2N4C)cc1. The lowest BCUT2D eigenvalue weighted by Gasteiger charge is -2.35. The normalized spacial score (nSPS) is 14.8. The van der Waals surface area contributed by atoms with Crippen LogP contribution in [0.15, 0.2) is 84.9 Å². The van der Waals surface area contributed by atoms with Gasteiger partial charge in [-0.25, -0.2) is 0 Å². The molecule has 0 bridgehead atoms. The summed E-state index contributed by atoms with van der Waals surface area (Å²) in [7, 11) is 2.22. The predicted octanol–water partition coefficient (Wildman–Crippen LogP) is 7.82. The van der Waals surface area contributed by atoms with E-state index < -0.39 is 0 Å². The van der Waals surface area contributed by atoms with Gasteiger partial charge in [-0.2, -0.15) is 0 Å². The fourth-order valence-electron chi connectivity index (χ4n) is 5.65. The highest BCUT2D eigenvalue weighted by molar-refractivity contribution is 5.87. The van der Waals surface area contributed by atoms with Crippen LogP contribution >= 0.6 is 0 Å². The Hall–Kier alpha value is -3.52. The van der Waals surface area contributed by atoms with Crippen molar-refractivity contribution in [2.75, 3.05) is 16.8 Å². The lowest BCUT2D eigenvalue weighted by Crippen LogP contribution is -2.20. The first-order valence-electron chi connectivity index (χ1n) is 12.1. The van der Waals surface area contributed by atoms with Crippen molar-refractivity contribution in [3.05, 3.63) is 113 Å². The molecule has 4 aromatic carbocycles. The van der Waals surface area contributed by atoms with Crippen molar-refractivity contribution in [1.29, 1.82) is 0 Å². The molecule has 0 radical (unpaired) electrons. The Morgan fingerprint density at radius 3 is 2.03 bits per heavy atom. The lowest BCUT2D eigenvalue weighted by atomic mass is 9.91. The molecule has 0 fully saturated rings.